The fourth-order valence-electron chi connectivity index (χ4n) is 3.94. The van der Waals surface area contributed by atoms with Crippen molar-refractivity contribution in [3.05, 3.63) is 42.6 Å². The van der Waals surface area contributed by atoms with E-state index in [9.17, 15) is 8.42 Å². The van der Waals surface area contributed by atoms with Crippen molar-refractivity contribution >= 4 is 21.7 Å². The number of rotatable bonds is 6. The zero-order valence-corrected chi connectivity index (χ0v) is 19.0. The van der Waals surface area contributed by atoms with Crippen LogP contribution in [0.3, 0.4) is 0 Å². The number of nitrogens with zero attached hydrogens (tertiary/aromatic N) is 4. The van der Waals surface area contributed by atoms with Crippen LogP contribution in [0.15, 0.2) is 42.6 Å². The molecule has 0 saturated carbocycles. The van der Waals surface area contributed by atoms with E-state index in [0.29, 0.717) is 38.0 Å². The largest absolute Gasteiger partial charge is 0.379 e. The lowest BCUT2D eigenvalue weighted by atomic mass is 10.1. The highest BCUT2D eigenvalue weighted by molar-refractivity contribution is 7.90. The van der Waals surface area contributed by atoms with Crippen molar-refractivity contribution in [1.82, 2.24) is 14.2 Å². The van der Waals surface area contributed by atoms with Gasteiger partial charge in [-0.05, 0) is 43.7 Å². The SMILES string of the molecule is CC(C)N1CCN(c2ccc(-c3ccc(NS(=O)(=O)N4CCOCC4)cc3)cn2)CC1. The maximum Gasteiger partial charge on any atom is 0.301 e. The standard InChI is InChI=1S/C22H31N5O3S/c1-18(2)25-9-11-26(12-10-25)22-8-5-20(17-23-22)19-3-6-21(7-4-19)24-31(28,29)27-13-15-30-16-14-27/h3-8,17-18,24H,9-16H2,1-2H3. The van der Waals surface area contributed by atoms with Gasteiger partial charge in [0, 0.05) is 62.8 Å². The van der Waals surface area contributed by atoms with Crippen LogP contribution in [0.25, 0.3) is 11.1 Å². The molecule has 0 bridgehead atoms. The molecule has 9 heteroatoms. The molecule has 2 aliphatic rings. The zero-order chi connectivity index (χ0) is 21.8. The zero-order valence-electron chi connectivity index (χ0n) is 18.2. The number of benzene rings is 1. The molecule has 2 fully saturated rings. The van der Waals surface area contributed by atoms with E-state index >= 15 is 0 Å². The number of anilines is 2. The number of piperazine rings is 1. The van der Waals surface area contributed by atoms with Crippen LogP contribution in [0.5, 0.6) is 0 Å². The van der Waals surface area contributed by atoms with Gasteiger partial charge in [-0.25, -0.2) is 4.98 Å². The summed E-state index contributed by atoms with van der Waals surface area (Å²) in [5, 5.41) is 0. The molecule has 2 aromatic rings. The highest BCUT2D eigenvalue weighted by atomic mass is 32.2. The second-order valence-corrected chi connectivity index (χ2v) is 9.89. The number of nitrogens with one attached hydrogen (secondary N) is 1. The highest BCUT2D eigenvalue weighted by Crippen LogP contribution is 2.24. The highest BCUT2D eigenvalue weighted by Gasteiger charge is 2.24. The molecule has 2 saturated heterocycles. The average molecular weight is 446 g/mol. The minimum atomic E-state index is -3.56. The Labute approximate surface area is 185 Å². The van der Waals surface area contributed by atoms with E-state index in [1.54, 1.807) is 12.1 Å². The fraction of sp³-hybridized carbons (Fsp3) is 0.500. The van der Waals surface area contributed by atoms with Gasteiger partial charge in [-0.1, -0.05) is 12.1 Å². The summed E-state index contributed by atoms with van der Waals surface area (Å²) in [4.78, 5) is 9.48. The lowest BCUT2D eigenvalue weighted by molar-refractivity contribution is 0.0733. The first-order chi connectivity index (χ1) is 14.9. The molecule has 2 aliphatic heterocycles. The number of morpholine rings is 1. The molecule has 168 valence electrons. The lowest BCUT2D eigenvalue weighted by Gasteiger charge is -2.37. The minimum absolute atomic E-state index is 0.373. The third kappa shape index (κ3) is 5.35. The predicted octanol–water partition coefficient (Wildman–Crippen LogP) is 2.27. The van der Waals surface area contributed by atoms with Gasteiger partial charge < -0.3 is 9.64 Å². The van der Waals surface area contributed by atoms with Crippen molar-refractivity contribution < 1.29 is 13.2 Å². The van der Waals surface area contributed by atoms with Gasteiger partial charge in [0.2, 0.25) is 0 Å². The second kappa shape index (κ2) is 9.52. The number of pyridine rings is 1. The van der Waals surface area contributed by atoms with E-state index in [4.69, 9.17) is 4.74 Å². The third-order valence-corrected chi connectivity index (χ3v) is 7.43. The molecule has 1 N–H and O–H groups in total. The molecule has 1 aromatic heterocycles. The Bertz CT molecular complexity index is 950. The Morgan fingerprint density at radius 3 is 2.13 bits per heavy atom. The van der Waals surface area contributed by atoms with Crippen molar-refractivity contribution in [3.63, 3.8) is 0 Å². The second-order valence-electron chi connectivity index (χ2n) is 8.22. The summed E-state index contributed by atoms with van der Waals surface area (Å²) >= 11 is 0. The van der Waals surface area contributed by atoms with Crippen molar-refractivity contribution in [2.24, 2.45) is 0 Å². The molecule has 0 unspecified atom stereocenters. The van der Waals surface area contributed by atoms with Crippen LogP contribution in [0.2, 0.25) is 0 Å². The van der Waals surface area contributed by atoms with Crippen LogP contribution in [0, 0.1) is 0 Å². The monoisotopic (exact) mass is 445 g/mol. The maximum absolute atomic E-state index is 12.5. The van der Waals surface area contributed by atoms with E-state index in [0.717, 1.165) is 43.1 Å². The Hall–Kier alpha value is -2.20. The number of hydrogen-bond donors (Lipinski definition) is 1. The molecular formula is C22H31N5O3S. The van der Waals surface area contributed by atoms with Crippen molar-refractivity contribution in [2.75, 3.05) is 62.1 Å². The summed E-state index contributed by atoms with van der Waals surface area (Å²) in [5.74, 6) is 1.00. The smallest absolute Gasteiger partial charge is 0.301 e. The van der Waals surface area contributed by atoms with Gasteiger partial charge in [-0.3, -0.25) is 9.62 Å². The first-order valence-corrected chi connectivity index (χ1v) is 12.3. The Morgan fingerprint density at radius 1 is 0.903 bits per heavy atom. The molecule has 0 amide bonds. The van der Waals surface area contributed by atoms with Gasteiger partial charge in [-0.2, -0.15) is 12.7 Å². The first-order valence-electron chi connectivity index (χ1n) is 10.8. The number of ether oxygens (including phenoxy) is 1. The molecular weight excluding hydrogens is 414 g/mol. The molecule has 0 aliphatic carbocycles. The molecule has 8 nitrogen and oxygen atoms in total. The van der Waals surface area contributed by atoms with E-state index in [1.807, 2.05) is 18.3 Å². The van der Waals surface area contributed by atoms with Gasteiger partial charge in [-0.15, -0.1) is 0 Å². The summed E-state index contributed by atoms with van der Waals surface area (Å²) in [6.07, 6.45) is 1.89. The third-order valence-electron chi connectivity index (χ3n) is 5.89. The Morgan fingerprint density at radius 2 is 1.55 bits per heavy atom. The van der Waals surface area contributed by atoms with E-state index in [1.165, 1.54) is 4.31 Å². The van der Waals surface area contributed by atoms with Gasteiger partial charge >= 0.3 is 10.2 Å². The molecule has 0 radical (unpaired) electrons. The van der Waals surface area contributed by atoms with E-state index < -0.39 is 10.2 Å². The van der Waals surface area contributed by atoms with Crippen LogP contribution < -0.4 is 9.62 Å². The van der Waals surface area contributed by atoms with Gasteiger partial charge in [0.05, 0.1) is 13.2 Å². The maximum atomic E-state index is 12.5. The normalized spacial score (nSPS) is 19.0. The van der Waals surface area contributed by atoms with Crippen LogP contribution in [0.1, 0.15) is 13.8 Å². The summed E-state index contributed by atoms with van der Waals surface area (Å²) in [7, 11) is -3.56. The van der Waals surface area contributed by atoms with Crippen LogP contribution in [0.4, 0.5) is 11.5 Å². The molecule has 0 atom stereocenters. The van der Waals surface area contributed by atoms with Crippen LogP contribution >= 0.6 is 0 Å². The quantitative estimate of drug-likeness (QED) is 0.735. The molecule has 3 heterocycles. The molecule has 31 heavy (non-hydrogen) atoms. The molecule has 0 spiro atoms. The minimum Gasteiger partial charge on any atom is -0.379 e. The Kier molecular flexibility index (Phi) is 6.76. The molecule has 1 aromatic carbocycles. The van der Waals surface area contributed by atoms with E-state index in [2.05, 4.69) is 45.5 Å². The summed E-state index contributed by atoms with van der Waals surface area (Å²) in [6, 6.07) is 12.1. The topological polar surface area (TPSA) is 78.0 Å². The van der Waals surface area contributed by atoms with Crippen molar-refractivity contribution in [1.29, 1.82) is 0 Å². The predicted molar refractivity (Wildman–Crippen MR) is 124 cm³/mol. The first kappa shape index (κ1) is 22.0. The van der Waals surface area contributed by atoms with Gasteiger partial charge in [0.15, 0.2) is 0 Å². The van der Waals surface area contributed by atoms with Crippen molar-refractivity contribution in [2.45, 2.75) is 19.9 Å². The van der Waals surface area contributed by atoms with E-state index in [-0.39, 0.29) is 0 Å². The summed E-state index contributed by atoms with van der Waals surface area (Å²) < 4.78 is 34.3. The number of hydrogen-bond acceptors (Lipinski definition) is 6. The van der Waals surface area contributed by atoms with Crippen LogP contribution in [-0.2, 0) is 14.9 Å². The molecule has 4 rings (SSSR count). The number of aromatic nitrogens is 1. The van der Waals surface area contributed by atoms with Crippen LogP contribution in [-0.4, -0.2) is 81.1 Å². The Balaban J connectivity index is 1.38. The van der Waals surface area contributed by atoms with Gasteiger partial charge in [0.1, 0.15) is 5.82 Å². The van der Waals surface area contributed by atoms with Gasteiger partial charge in [0.25, 0.3) is 0 Å². The average Bonchev–Trinajstić information content (AvgIpc) is 2.80. The summed E-state index contributed by atoms with van der Waals surface area (Å²) in [6.45, 7) is 10.2. The van der Waals surface area contributed by atoms with Crippen molar-refractivity contribution in [3.8, 4) is 11.1 Å². The lowest BCUT2D eigenvalue weighted by Crippen LogP contribution is -2.49. The summed E-state index contributed by atoms with van der Waals surface area (Å²) in [5.41, 5.74) is 2.55. The fourth-order valence-corrected chi connectivity index (χ4v) is 5.14.